The maximum Gasteiger partial charge on any atom is 0.211 e. The van der Waals surface area contributed by atoms with Gasteiger partial charge < -0.3 is 24.8 Å². The van der Waals surface area contributed by atoms with E-state index in [1.165, 1.54) is 0 Å². The van der Waals surface area contributed by atoms with Gasteiger partial charge in [0.25, 0.3) is 0 Å². The lowest BCUT2D eigenvalue weighted by Gasteiger charge is -2.79. The van der Waals surface area contributed by atoms with Crippen molar-refractivity contribution in [2.45, 2.75) is 69.9 Å². The second-order valence-corrected chi connectivity index (χ2v) is 10.1. The average Bonchev–Trinajstić information content (AvgIpc) is 2.71. The number of hydrogen-bond donors (Lipinski definition) is 3. The Morgan fingerprint density at radius 3 is 2.65 bits per heavy atom. The molecular formula is C20H26O6. The van der Waals surface area contributed by atoms with Gasteiger partial charge in [-0.25, -0.2) is 0 Å². The van der Waals surface area contributed by atoms with Crippen molar-refractivity contribution in [1.29, 1.82) is 0 Å². The van der Waals surface area contributed by atoms with Crippen molar-refractivity contribution >= 4 is 5.78 Å². The molecule has 0 aromatic heterocycles. The van der Waals surface area contributed by atoms with Gasteiger partial charge in [0.05, 0.1) is 17.6 Å². The van der Waals surface area contributed by atoms with E-state index in [1.807, 2.05) is 0 Å². The van der Waals surface area contributed by atoms with Gasteiger partial charge in [-0.1, -0.05) is 20.4 Å². The highest BCUT2D eigenvalue weighted by Crippen LogP contribution is 2.81. The van der Waals surface area contributed by atoms with Crippen LogP contribution in [0.2, 0.25) is 0 Å². The van der Waals surface area contributed by atoms with Crippen LogP contribution in [-0.2, 0) is 14.3 Å². The third-order valence-electron chi connectivity index (χ3n) is 9.14. The lowest BCUT2D eigenvalue weighted by atomic mass is 9.34. The summed E-state index contributed by atoms with van der Waals surface area (Å²) in [4.78, 5) is 13.4. The zero-order chi connectivity index (χ0) is 18.4. The van der Waals surface area contributed by atoms with Crippen molar-refractivity contribution in [3.8, 4) is 0 Å². The SMILES string of the molecule is C=C1C(=O)C23C4CCC1[C@@H]2OC1OC3(O)[C@@H](O)[C@@H]2C(C)(C)CC[C@H](O)[C@@]142. The molecule has 7 bridgehead atoms. The molecule has 5 unspecified atom stereocenters. The van der Waals surface area contributed by atoms with Crippen LogP contribution in [0, 0.1) is 34.0 Å². The molecule has 3 N–H and O–H groups in total. The molecule has 4 aliphatic heterocycles. The van der Waals surface area contributed by atoms with Gasteiger partial charge in [-0.05, 0) is 42.6 Å². The number of aliphatic hydroxyl groups is 3. The summed E-state index contributed by atoms with van der Waals surface area (Å²) in [5.41, 5.74) is -2.03. The third-order valence-corrected chi connectivity index (χ3v) is 9.14. The van der Waals surface area contributed by atoms with Gasteiger partial charge in [-0.2, -0.15) is 0 Å². The topological polar surface area (TPSA) is 96.2 Å². The molecule has 26 heavy (non-hydrogen) atoms. The summed E-state index contributed by atoms with van der Waals surface area (Å²) in [5.74, 6) is -2.99. The summed E-state index contributed by atoms with van der Waals surface area (Å²) in [7, 11) is 0. The Hall–Kier alpha value is -0.790. The monoisotopic (exact) mass is 362 g/mol. The number of hydrogen-bond acceptors (Lipinski definition) is 6. The lowest BCUT2D eigenvalue weighted by molar-refractivity contribution is -0.556. The molecule has 2 spiro atoms. The fraction of sp³-hybridized carbons (Fsp3) is 0.850. The fourth-order valence-electron chi connectivity index (χ4n) is 8.38. The Labute approximate surface area is 152 Å². The predicted octanol–water partition coefficient (Wildman–Crippen LogP) is 0.740. The van der Waals surface area contributed by atoms with E-state index in [0.717, 1.165) is 12.8 Å². The Kier molecular flexibility index (Phi) is 2.57. The zero-order valence-corrected chi connectivity index (χ0v) is 15.1. The van der Waals surface area contributed by atoms with E-state index in [2.05, 4.69) is 20.4 Å². The van der Waals surface area contributed by atoms with Crippen LogP contribution in [0.3, 0.4) is 0 Å². The van der Waals surface area contributed by atoms with Crippen LogP contribution in [0.25, 0.3) is 0 Å². The van der Waals surface area contributed by atoms with E-state index < -0.39 is 47.1 Å². The van der Waals surface area contributed by atoms with E-state index in [1.54, 1.807) is 0 Å². The summed E-state index contributed by atoms with van der Waals surface area (Å²) in [6.45, 7) is 8.14. The minimum absolute atomic E-state index is 0.133. The Bertz CT molecular complexity index is 761. The average molecular weight is 362 g/mol. The van der Waals surface area contributed by atoms with E-state index in [4.69, 9.17) is 9.47 Å². The lowest BCUT2D eigenvalue weighted by Crippen LogP contribution is -2.91. The molecule has 0 amide bonds. The summed E-state index contributed by atoms with van der Waals surface area (Å²) < 4.78 is 12.3. The van der Waals surface area contributed by atoms with Gasteiger partial charge in [0.15, 0.2) is 12.1 Å². The van der Waals surface area contributed by atoms with E-state index >= 15 is 0 Å². The highest BCUT2D eigenvalue weighted by Gasteiger charge is 2.92. The molecule has 142 valence electrons. The number of rotatable bonds is 0. The largest absolute Gasteiger partial charge is 0.392 e. The summed E-state index contributed by atoms with van der Waals surface area (Å²) in [5, 5.41) is 34.3. The maximum absolute atomic E-state index is 13.4. The second-order valence-electron chi connectivity index (χ2n) is 10.1. The highest BCUT2D eigenvalue weighted by atomic mass is 16.8. The van der Waals surface area contributed by atoms with Crippen LogP contribution in [0.15, 0.2) is 12.2 Å². The Morgan fingerprint density at radius 1 is 1.19 bits per heavy atom. The van der Waals surface area contributed by atoms with E-state index in [9.17, 15) is 20.1 Å². The molecular weight excluding hydrogens is 336 g/mol. The summed E-state index contributed by atoms with van der Waals surface area (Å²) in [6.07, 6.45) is -0.473. The number of carbonyl (C=O) groups excluding carboxylic acids is 1. The molecule has 0 aromatic rings. The second kappa shape index (κ2) is 4.13. The van der Waals surface area contributed by atoms with Crippen LogP contribution in [0.1, 0.15) is 39.5 Å². The molecule has 4 saturated carbocycles. The number of ether oxygens (including phenoxy) is 2. The first-order chi connectivity index (χ1) is 12.1. The van der Waals surface area contributed by atoms with Crippen molar-refractivity contribution in [3.05, 3.63) is 12.2 Å². The minimum Gasteiger partial charge on any atom is -0.392 e. The first-order valence-corrected chi connectivity index (χ1v) is 9.80. The van der Waals surface area contributed by atoms with Gasteiger partial charge in [-0.3, -0.25) is 4.79 Å². The number of carbonyl (C=O) groups is 1. The normalized spacial score (nSPS) is 64.0. The van der Waals surface area contributed by atoms with Crippen LogP contribution < -0.4 is 0 Å². The first-order valence-electron chi connectivity index (χ1n) is 9.80. The Balaban J connectivity index is 1.70. The highest BCUT2D eigenvalue weighted by molar-refractivity contribution is 6.05. The molecule has 0 radical (unpaired) electrons. The molecule has 8 fully saturated rings. The zero-order valence-electron chi connectivity index (χ0n) is 15.1. The smallest absolute Gasteiger partial charge is 0.211 e. The molecule has 8 rings (SSSR count). The van der Waals surface area contributed by atoms with Crippen molar-refractivity contribution < 1.29 is 29.6 Å². The molecule has 8 aliphatic rings. The van der Waals surface area contributed by atoms with Crippen LogP contribution >= 0.6 is 0 Å². The van der Waals surface area contributed by atoms with Crippen LogP contribution in [0.5, 0.6) is 0 Å². The third kappa shape index (κ3) is 1.19. The van der Waals surface area contributed by atoms with Crippen LogP contribution in [0.4, 0.5) is 0 Å². The summed E-state index contributed by atoms with van der Waals surface area (Å²) >= 11 is 0. The fourth-order valence-corrected chi connectivity index (χ4v) is 8.38. The van der Waals surface area contributed by atoms with Crippen molar-refractivity contribution in [2.75, 3.05) is 0 Å². The molecule has 4 saturated heterocycles. The van der Waals surface area contributed by atoms with E-state index in [0.29, 0.717) is 18.4 Å². The first kappa shape index (κ1) is 16.2. The number of aliphatic hydroxyl groups excluding tert-OH is 2. The predicted molar refractivity (Wildman–Crippen MR) is 88.4 cm³/mol. The van der Waals surface area contributed by atoms with Crippen molar-refractivity contribution in [1.82, 2.24) is 0 Å². The quantitative estimate of drug-likeness (QED) is 0.550. The minimum atomic E-state index is -1.97. The molecule has 4 heterocycles. The van der Waals surface area contributed by atoms with Crippen molar-refractivity contribution in [3.63, 3.8) is 0 Å². The number of ketones is 1. The molecule has 6 heteroatoms. The van der Waals surface area contributed by atoms with Gasteiger partial charge in [0.2, 0.25) is 5.79 Å². The molecule has 6 nitrogen and oxygen atoms in total. The van der Waals surface area contributed by atoms with Gasteiger partial charge in [0, 0.05) is 11.8 Å². The summed E-state index contributed by atoms with van der Waals surface area (Å²) in [6, 6.07) is 0. The Morgan fingerprint density at radius 2 is 1.92 bits per heavy atom. The molecule has 10 atom stereocenters. The van der Waals surface area contributed by atoms with E-state index in [-0.39, 0.29) is 23.0 Å². The number of Topliss-reactive ketones (excluding diaryl/α,β-unsaturated/α-hetero) is 1. The van der Waals surface area contributed by atoms with Crippen molar-refractivity contribution in [2.24, 2.45) is 34.0 Å². The van der Waals surface area contributed by atoms with Gasteiger partial charge >= 0.3 is 0 Å². The standard InChI is InChI=1S/C20H26O6/c1-8-9-4-5-10-18-11(21)6-7-17(2,3)12(18)14(23)20(24)19(10,13(8)22)15(9)25-16(18)26-20/h9-12,14-16,21,23-24H,1,4-7H2,2-3H3/t9?,10?,11-,12+,14-,15-,16?,18-,19?,20?/m0/s1. The van der Waals surface area contributed by atoms with Gasteiger partial charge in [0.1, 0.15) is 11.5 Å². The van der Waals surface area contributed by atoms with Gasteiger partial charge in [-0.15, -0.1) is 0 Å². The van der Waals surface area contributed by atoms with Crippen LogP contribution in [-0.4, -0.2) is 51.5 Å². The molecule has 0 aromatic carbocycles. The molecule has 4 aliphatic carbocycles. The maximum atomic E-state index is 13.4.